The van der Waals surface area contributed by atoms with E-state index in [0.717, 1.165) is 18.8 Å². The van der Waals surface area contributed by atoms with Gasteiger partial charge in [-0.2, -0.15) is 0 Å². The fraction of sp³-hybridized carbons (Fsp3) is 0.529. The molecule has 1 aromatic rings. The maximum absolute atomic E-state index is 13.0. The van der Waals surface area contributed by atoms with Crippen LogP contribution >= 0.6 is 24.0 Å². The van der Waals surface area contributed by atoms with E-state index < -0.39 is 0 Å². The third-order valence-electron chi connectivity index (χ3n) is 3.87. The maximum atomic E-state index is 13.0. The van der Waals surface area contributed by atoms with Gasteiger partial charge in [-0.15, -0.1) is 24.0 Å². The lowest BCUT2D eigenvalue weighted by atomic mass is 10.2. The fourth-order valence-corrected chi connectivity index (χ4v) is 2.64. The van der Waals surface area contributed by atoms with Crippen molar-refractivity contribution in [1.29, 1.82) is 0 Å². The van der Waals surface area contributed by atoms with E-state index in [4.69, 9.17) is 5.73 Å². The number of benzene rings is 1. The lowest BCUT2D eigenvalue weighted by molar-refractivity contribution is -0.131. The predicted molar refractivity (Wildman–Crippen MR) is 110 cm³/mol. The van der Waals surface area contributed by atoms with Gasteiger partial charge in [0.15, 0.2) is 5.96 Å². The van der Waals surface area contributed by atoms with Crippen LogP contribution in [0, 0.1) is 5.82 Å². The number of piperazine rings is 1. The van der Waals surface area contributed by atoms with Crippen molar-refractivity contribution in [3.8, 4) is 0 Å². The highest BCUT2D eigenvalue weighted by molar-refractivity contribution is 14.0. The van der Waals surface area contributed by atoms with Crippen molar-refractivity contribution in [2.24, 2.45) is 10.7 Å². The minimum atomic E-state index is -0.237. The average molecular weight is 463 g/mol. The molecule has 0 aromatic heterocycles. The van der Waals surface area contributed by atoms with Crippen LogP contribution in [0.5, 0.6) is 0 Å². The van der Waals surface area contributed by atoms with E-state index in [1.54, 1.807) is 12.1 Å². The first-order valence-corrected chi connectivity index (χ1v) is 8.30. The van der Waals surface area contributed by atoms with Gasteiger partial charge in [-0.05, 0) is 38.1 Å². The zero-order valence-electron chi connectivity index (χ0n) is 14.7. The van der Waals surface area contributed by atoms with E-state index in [0.29, 0.717) is 32.0 Å². The molecular formula is C17H27FIN5O. The highest BCUT2D eigenvalue weighted by Gasteiger charge is 2.20. The Kier molecular flexibility index (Phi) is 8.95. The van der Waals surface area contributed by atoms with Crippen LogP contribution < -0.4 is 16.0 Å². The Morgan fingerprint density at radius 2 is 1.84 bits per heavy atom. The molecule has 0 unspecified atom stereocenters. The van der Waals surface area contributed by atoms with E-state index >= 15 is 0 Å². The number of hydrogen-bond donors (Lipinski definition) is 2. The van der Waals surface area contributed by atoms with Gasteiger partial charge in [-0.25, -0.2) is 4.39 Å². The number of nitrogens with two attached hydrogens (primary N) is 1. The lowest BCUT2D eigenvalue weighted by Gasteiger charge is -2.36. The van der Waals surface area contributed by atoms with Crippen LogP contribution in [-0.2, 0) is 4.79 Å². The molecule has 2 rings (SSSR count). The second-order valence-electron chi connectivity index (χ2n) is 6.16. The van der Waals surface area contributed by atoms with Crippen LogP contribution in [0.1, 0.15) is 20.3 Å². The van der Waals surface area contributed by atoms with E-state index in [-0.39, 0.29) is 41.7 Å². The Morgan fingerprint density at radius 3 is 2.40 bits per heavy atom. The third kappa shape index (κ3) is 7.05. The molecule has 0 atom stereocenters. The van der Waals surface area contributed by atoms with E-state index in [1.807, 2.05) is 18.7 Å². The molecule has 1 aliphatic rings. The standard InChI is InChI=1S/C17H26FN5O.HI/c1-13(2)21-17(19)20-8-7-16(24)23-11-9-22(10-12-23)15-5-3-14(18)4-6-15;/h3-6,13H,7-12H2,1-2H3,(H3,19,20,21);1H. The summed E-state index contributed by atoms with van der Waals surface area (Å²) in [6, 6.07) is 6.68. The summed E-state index contributed by atoms with van der Waals surface area (Å²) in [5.74, 6) is 0.230. The highest BCUT2D eigenvalue weighted by Crippen LogP contribution is 2.17. The number of carbonyl (C=O) groups excluding carboxylic acids is 1. The van der Waals surface area contributed by atoms with Gasteiger partial charge in [-0.1, -0.05) is 0 Å². The van der Waals surface area contributed by atoms with Gasteiger partial charge >= 0.3 is 0 Å². The summed E-state index contributed by atoms with van der Waals surface area (Å²) in [5.41, 5.74) is 6.70. The minimum absolute atomic E-state index is 0. The van der Waals surface area contributed by atoms with Gasteiger partial charge < -0.3 is 20.9 Å². The average Bonchev–Trinajstić information content (AvgIpc) is 2.55. The summed E-state index contributed by atoms with van der Waals surface area (Å²) in [6.07, 6.45) is 0.358. The molecular weight excluding hydrogens is 436 g/mol. The number of guanidine groups is 1. The molecule has 1 saturated heterocycles. The summed E-state index contributed by atoms with van der Waals surface area (Å²) in [5, 5.41) is 2.99. The van der Waals surface area contributed by atoms with Gasteiger partial charge in [0.2, 0.25) is 5.91 Å². The number of hydrogen-bond acceptors (Lipinski definition) is 3. The molecule has 1 amide bonds. The number of amides is 1. The first-order valence-electron chi connectivity index (χ1n) is 8.30. The summed E-state index contributed by atoms with van der Waals surface area (Å²) in [4.78, 5) is 20.4. The molecule has 140 valence electrons. The van der Waals surface area contributed by atoms with Crippen molar-refractivity contribution in [2.45, 2.75) is 26.3 Å². The molecule has 1 fully saturated rings. The zero-order valence-corrected chi connectivity index (χ0v) is 17.1. The number of nitrogens with zero attached hydrogens (tertiary/aromatic N) is 3. The normalized spacial score (nSPS) is 15.1. The SMILES string of the molecule is CC(C)NC(N)=NCCC(=O)N1CCN(c2ccc(F)cc2)CC1.I. The largest absolute Gasteiger partial charge is 0.370 e. The number of nitrogens with one attached hydrogen (secondary N) is 1. The second-order valence-corrected chi connectivity index (χ2v) is 6.16. The zero-order chi connectivity index (χ0) is 17.5. The molecule has 8 heteroatoms. The molecule has 0 bridgehead atoms. The van der Waals surface area contributed by atoms with Crippen LogP contribution in [0.15, 0.2) is 29.3 Å². The summed E-state index contributed by atoms with van der Waals surface area (Å²) in [6.45, 7) is 7.18. The molecule has 0 radical (unpaired) electrons. The van der Waals surface area contributed by atoms with Crippen molar-refractivity contribution in [3.05, 3.63) is 30.1 Å². The number of anilines is 1. The van der Waals surface area contributed by atoms with Crippen LogP contribution in [-0.4, -0.2) is 55.5 Å². The molecule has 1 aliphatic heterocycles. The summed E-state index contributed by atoms with van der Waals surface area (Å²) in [7, 11) is 0. The monoisotopic (exact) mass is 463 g/mol. The van der Waals surface area contributed by atoms with Crippen LogP contribution in [0.4, 0.5) is 10.1 Å². The molecule has 25 heavy (non-hydrogen) atoms. The molecule has 0 aliphatic carbocycles. The Bertz CT molecular complexity index is 571. The maximum Gasteiger partial charge on any atom is 0.224 e. The second kappa shape index (κ2) is 10.4. The van der Waals surface area contributed by atoms with Crippen LogP contribution in [0.25, 0.3) is 0 Å². The van der Waals surface area contributed by atoms with Gasteiger partial charge in [0.05, 0.1) is 6.54 Å². The lowest BCUT2D eigenvalue weighted by Crippen LogP contribution is -2.49. The number of halogens is 2. The topological polar surface area (TPSA) is 74.0 Å². The Morgan fingerprint density at radius 1 is 1.24 bits per heavy atom. The molecule has 1 heterocycles. The first kappa shape index (κ1) is 21.5. The predicted octanol–water partition coefficient (Wildman–Crippen LogP) is 1.80. The van der Waals surface area contributed by atoms with Gasteiger partial charge in [0.1, 0.15) is 5.82 Å². The van der Waals surface area contributed by atoms with E-state index in [2.05, 4.69) is 15.2 Å². The fourth-order valence-electron chi connectivity index (χ4n) is 2.64. The van der Waals surface area contributed by atoms with Gasteiger partial charge in [-0.3, -0.25) is 9.79 Å². The summed E-state index contributed by atoms with van der Waals surface area (Å²) >= 11 is 0. The number of rotatable bonds is 5. The van der Waals surface area contributed by atoms with Crippen LogP contribution in [0.2, 0.25) is 0 Å². The van der Waals surface area contributed by atoms with Gasteiger partial charge in [0, 0.05) is 44.3 Å². The smallest absolute Gasteiger partial charge is 0.224 e. The van der Waals surface area contributed by atoms with E-state index in [1.165, 1.54) is 12.1 Å². The summed E-state index contributed by atoms with van der Waals surface area (Å²) < 4.78 is 13.0. The number of carbonyl (C=O) groups is 1. The van der Waals surface area contributed by atoms with Crippen molar-refractivity contribution in [3.63, 3.8) is 0 Å². The van der Waals surface area contributed by atoms with Crippen molar-refractivity contribution < 1.29 is 9.18 Å². The van der Waals surface area contributed by atoms with Crippen molar-refractivity contribution in [2.75, 3.05) is 37.6 Å². The van der Waals surface area contributed by atoms with Crippen molar-refractivity contribution >= 4 is 41.5 Å². The third-order valence-corrected chi connectivity index (χ3v) is 3.87. The Hall–Kier alpha value is -1.58. The van der Waals surface area contributed by atoms with Gasteiger partial charge in [0.25, 0.3) is 0 Å². The molecule has 3 N–H and O–H groups in total. The van der Waals surface area contributed by atoms with Crippen LogP contribution in [0.3, 0.4) is 0 Å². The minimum Gasteiger partial charge on any atom is -0.370 e. The molecule has 6 nitrogen and oxygen atoms in total. The Balaban J connectivity index is 0.00000312. The van der Waals surface area contributed by atoms with Crippen molar-refractivity contribution in [1.82, 2.24) is 10.2 Å². The number of aliphatic imine (C=N–C) groups is 1. The molecule has 1 aromatic carbocycles. The first-order chi connectivity index (χ1) is 11.5. The quantitative estimate of drug-likeness (QED) is 0.397. The Labute approximate surface area is 165 Å². The molecule has 0 spiro atoms. The highest BCUT2D eigenvalue weighted by atomic mass is 127. The van der Waals surface area contributed by atoms with E-state index in [9.17, 15) is 9.18 Å². The molecule has 0 saturated carbocycles.